The van der Waals surface area contributed by atoms with Crippen LogP contribution in [0, 0.1) is 16.0 Å². The van der Waals surface area contributed by atoms with Crippen molar-refractivity contribution in [2.24, 2.45) is 5.92 Å². The van der Waals surface area contributed by atoms with E-state index in [1.165, 1.54) is 12.0 Å². The van der Waals surface area contributed by atoms with Gasteiger partial charge < -0.3 is 10.1 Å². The highest BCUT2D eigenvalue weighted by Gasteiger charge is 2.53. The van der Waals surface area contributed by atoms with E-state index >= 15 is 0 Å². The minimum atomic E-state index is -0.769. The smallest absolute Gasteiger partial charge is 0.413 e. The molecule has 2 rings (SSSR count). The number of carbonyl (C=O) groups excluding carboxylic acids is 2. The molecular formula is C13H15N3O5. The van der Waals surface area contributed by atoms with Gasteiger partial charge in [0.2, 0.25) is 11.9 Å². The van der Waals surface area contributed by atoms with Gasteiger partial charge in [-0.2, -0.15) is 0 Å². The third-order valence-corrected chi connectivity index (χ3v) is 3.33. The van der Waals surface area contributed by atoms with Crippen LogP contribution in [0.3, 0.4) is 0 Å². The predicted octanol–water partition coefficient (Wildman–Crippen LogP) is 1.49. The molecule has 1 aliphatic rings. The van der Waals surface area contributed by atoms with E-state index in [1.807, 2.05) is 0 Å². The Bertz CT molecular complexity index is 572. The molecule has 112 valence electrons. The van der Waals surface area contributed by atoms with Crippen LogP contribution < -0.4 is 10.2 Å². The average molecular weight is 293 g/mol. The number of hydrogen-bond acceptors (Lipinski definition) is 5. The van der Waals surface area contributed by atoms with Gasteiger partial charge in [0.05, 0.1) is 7.11 Å². The molecule has 1 saturated carbocycles. The molecule has 2 amide bonds. The molecule has 1 aliphatic carbocycles. The van der Waals surface area contributed by atoms with E-state index in [4.69, 9.17) is 0 Å². The number of carbonyl (C=O) groups is 2. The van der Waals surface area contributed by atoms with Crippen LogP contribution >= 0.6 is 0 Å². The topological polar surface area (TPSA) is 102 Å². The summed E-state index contributed by atoms with van der Waals surface area (Å²) in [5, 5.41) is 13.1. The van der Waals surface area contributed by atoms with E-state index in [1.54, 1.807) is 31.3 Å². The van der Waals surface area contributed by atoms with Gasteiger partial charge >= 0.3 is 6.09 Å². The molecule has 2 atom stereocenters. The average Bonchev–Trinajstić information content (AvgIpc) is 3.27. The molecule has 1 N–H and O–H groups in total. The lowest BCUT2D eigenvalue weighted by atomic mass is 10.2. The number of anilines is 2. The summed E-state index contributed by atoms with van der Waals surface area (Å²) in [7, 11) is 2.85. The van der Waals surface area contributed by atoms with Gasteiger partial charge in [-0.25, -0.2) is 4.79 Å². The van der Waals surface area contributed by atoms with E-state index in [9.17, 15) is 19.7 Å². The van der Waals surface area contributed by atoms with Crippen LogP contribution in [0.2, 0.25) is 0 Å². The molecule has 8 heteroatoms. The van der Waals surface area contributed by atoms with Crippen molar-refractivity contribution in [3.05, 3.63) is 34.4 Å². The molecule has 1 aromatic rings. The highest BCUT2D eigenvalue weighted by molar-refractivity contribution is 5.95. The minimum absolute atomic E-state index is 0.280. The Morgan fingerprint density at radius 1 is 1.38 bits per heavy atom. The second kappa shape index (κ2) is 5.78. The zero-order chi connectivity index (χ0) is 15.6. The molecule has 0 bridgehead atoms. The fourth-order valence-corrected chi connectivity index (χ4v) is 1.94. The largest absolute Gasteiger partial charge is 0.452 e. The molecule has 0 spiro atoms. The second-order valence-electron chi connectivity index (χ2n) is 4.76. The van der Waals surface area contributed by atoms with E-state index in [0.29, 0.717) is 11.4 Å². The number of rotatable bonds is 4. The summed E-state index contributed by atoms with van der Waals surface area (Å²) in [5.41, 5.74) is 1.13. The van der Waals surface area contributed by atoms with Gasteiger partial charge in [-0.05, 0) is 24.3 Å². The summed E-state index contributed by atoms with van der Waals surface area (Å²) in [4.78, 5) is 34.5. The van der Waals surface area contributed by atoms with Gasteiger partial charge in [-0.3, -0.25) is 19.8 Å². The van der Waals surface area contributed by atoms with Crippen LogP contribution in [0.1, 0.15) is 6.42 Å². The summed E-state index contributed by atoms with van der Waals surface area (Å²) in [6.45, 7) is 0. The Hall–Kier alpha value is -2.64. The van der Waals surface area contributed by atoms with Crippen LogP contribution in [0.4, 0.5) is 16.2 Å². The molecule has 0 aromatic heterocycles. The van der Waals surface area contributed by atoms with Crippen molar-refractivity contribution in [1.29, 1.82) is 0 Å². The zero-order valence-corrected chi connectivity index (χ0v) is 11.6. The van der Waals surface area contributed by atoms with Gasteiger partial charge in [0.1, 0.15) is 5.92 Å². The number of nitrogens with zero attached hydrogens (tertiary/aromatic N) is 2. The van der Waals surface area contributed by atoms with Crippen LogP contribution in [0.25, 0.3) is 0 Å². The zero-order valence-electron chi connectivity index (χ0n) is 11.6. The summed E-state index contributed by atoms with van der Waals surface area (Å²) in [6.07, 6.45) is -0.222. The Labute approximate surface area is 120 Å². The van der Waals surface area contributed by atoms with E-state index in [0.717, 1.165) is 0 Å². The van der Waals surface area contributed by atoms with Crippen molar-refractivity contribution in [3.8, 4) is 0 Å². The maximum absolute atomic E-state index is 11.8. The maximum atomic E-state index is 11.8. The standard InChI is InChI=1S/C13H15N3O5/c1-15(13(18)21-2)9-5-3-8(4-6-9)14-12(17)10-7-11(10)16(19)20/h3-6,10-11H,7H2,1-2H3,(H,14,17)/t10-,11-/m0/s1. The number of nitrogens with one attached hydrogen (secondary N) is 1. The van der Waals surface area contributed by atoms with Crippen LogP contribution in [0.15, 0.2) is 24.3 Å². The predicted molar refractivity (Wildman–Crippen MR) is 74.8 cm³/mol. The third kappa shape index (κ3) is 3.28. The molecule has 0 heterocycles. The van der Waals surface area contributed by atoms with Crippen LogP contribution in [-0.2, 0) is 9.53 Å². The van der Waals surface area contributed by atoms with Crippen molar-refractivity contribution in [2.45, 2.75) is 12.5 Å². The first-order valence-electron chi connectivity index (χ1n) is 6.30. The summed E-state index contributed by atoms with van der Waals surface area (Å²) in [5.74, 6) is -0.914. The summed E-state index contributed by atoms with van der Waals surface area (Å²) in [6, 6.07) is 5.76. The molecular weight excluding hydrogens is 278 g/mol. The minimum Gasteiger partial charge on any atom is -0.452 e. The highest BCUT2D eigenvalue weighted by Crippen LogP contribution is 2.34. The first kappa shape index (κ1) is 14.8. The van der Waals surface area contributed by atoms with Crippen molar-refractivity contribution in [1.82, 2.24) is 0 Å². The number of hydrogen-bond donors (Lipinski definition) is 1. The molecule has 8 nitrogen and oxygen atoms in total. The molecule has 0 saturated heterocycles. The molecule has 0 radical (unpaired) electrons. The van der Waals surface area contributed by atoms with Crippen molar-refractivity contribution >= 4 is 23.4 Å². The van der Waals surface area contributed by atoms with E-state index < -0.39 is 23.0 Å². The van der Waals surface area contributed by atoms with Crippen molar-refractivity contribution in [2.75, 3.05) is 24.4 Å². The fraction of sp³-hybridized carbons (Fsp3) is 0.385. The molecule has 0 aliphatic heterocycles. The Morgan fingerprint density at radius 3 is 2.48 bits per heavy atom. The highest BCUT2D eigenvalue weighted by atomic mass is 16.6. The quantitative estimate of drug-likeness (QED) is 0.669. The van der Waals surface area contributed by atoms with Gasteiger partial charge in [0, 0.05) is 29.8 Å². The number of benzene rings is 1. The van der Waals surface area contributed by atoms with E-state index in [2.05, 4.69) is 10.1 Å². The lowest BCUT2D eigenvalue weighted by Gasteiger charge is -2.15. The molecule has 0 unspecified atom stereocenters. The molecule has 1 fully saturated rings. The summed E-state index contributed by atoms with van der Waals surface area (Å²) >= 11 is 0. The molecule has 21 heavy (non-hydrogen) atoms. The first-order chi connectivity index (χ1) is 9.93. The second-order valence-corrected chi connectivity index (χ2v) is 4.76. The Kier molecular flexibility index (Phi) is 4.06. The van der Waals surface area contributed by atoms with Gasteiger partial charge in [-0.15, -0.1) is 0 Å². The lowest BCUT2D eigenvalue weighted by Crippen LogP contribution is -2.25. The normalized spacial score (nSPS) is 19.5. The van der Waals surface area contributed by atoms with Crippen molar-refractivity contribution < 1.29 is 19.2 Å². The maximum Gasteiger partial charge on any atom is 0.413 e. The fourth-order valence-electron chi connectivity index (χ4n) is 1.94. The number of amides is 2. The van der Waals surface area contributed by atoms with Gasteiger partial charge in [0.25, 0.3) is 0 Å². The van der Waals surface area contributed by atoms with Crippen molar-refractivity contribution in [3.63, 3.8) is 0 Å². The lowest BCUT2D eigenvalue weighted by molar-refractivity contribution is -0.497. The number of methoxy groups -OCH3 is 1. The van der Waals surface area contributed by atoms with Gasteiger partial charge in [-0.1, -0.05) is 0 Å². The first-order valence-corrected chi connectivity index (χ1v) is 6.30. The summed E-state index contributed by atoms with van der Waals surface area (Å²) < 4.78 is 4.59. The monoisotopic (exact) mass is 293 g/mol. The molecule has 1 aromatic carbocycles. The Balaban J connectivity index is 1.95. The van der Waals surface area contributed by atoms with Crippen LogP contribution in [0.5, 0.6) is 0 Å². The third-order valence-electron chi connectivity index (χ3n) is 3.33. The van der Waals surface area contributed by atoms with Crippen LogP contribution in [-0.4, -0.2) is 37.1 Å². The SMILES string of the molecule is COC(=O)N(C)c1ccc(NC(=O)[C@H]2C[C@@H]2[N+](=O)[O-])cc1. The number of nitro groups is 1. The number of ether oxygens (including phenoxy) is 1. The van der Waals surface area contributed by atoms with Gasteiger partial charge in [0.15, 0.2) is 0 Å². The van der Waals surface area contributed by atoms with E-state index in [-0.39, 0.29) is 12.3 Å². The Morgan fingerprint density at radius 2 is 2.00 bits per heavy atom.